The summed E-state index contributed by atoms with van der Waals surface area (Å²) in [5.41, 5.74) is 1.83. The lowest BCUT2D eigenvalue weighted by Gasteiger charge is -2.51. The molecule has 0 radical (unpaired) electrons. The minimum Gasteiger partial charge on any atom is -0.493 e. The standard InChI is InChI=1S/C35H46N2O6/c1-34(2)18-16-30-35(24-34,33(40)43-5)23-27(22-31(38)36-19-10-9-13-25-11-7-6-8-12-25)32(39)37(30)20-17-26-14-15-28(41-3)29(21-26)42-4/h6-8,11-12,14-16,21,27H,9-10,13,17-20,22-24H2,1-5H3,(H,36,38)/t27-,35-/m1/s1. The fourth-order valence-corrected chi connectivity index (χ4v) is 6.69. The quantitative estimate of drug-likeness (QED) is 0.245. The van der Waals surface area contributed by atoms with Gasteiger partial charge in [0.05, 0.1) is 21.3 Å². The number of piperidine rings is 1. The number of esters is 1. The Bertz CT molecular complexity index is 1320. The van der Waals surface area contributed by atoms with E-state index < -0.39 is 11.3 Å². The fourth-order valence-electron chi connectivity index (χ4n) is 6.69. The van der Waals surface area contributed by atoms with Crippen molar-refractivity contribution in [1.29, 1.82) is 0 Å². The summed E-state index contributed by atoms with van der Waals surface area (Å²) in [5, 5.41) is 3.01. The molecule has 2 atom stereocenters. The van der Waals surface area contributed by atoms with Crippen LogP contribution in [0.2, 0.25) is 0 Å². The topological polar surface area (TPSA) is 94.2 Å². The summed E-state index contributed by atoms with van der Waals surface area (Å²) in [7, 11) is 4.58. The Morgan fingerprint density at radius 3 is 2.40 bits per heavy atom. The highest BCUT2D eigenvalue weighted by atomic mass is 16.5. The Labute approximate surface area is 255 Å². The van der Waals surface area contributed by atoms with Crippen LogP contribution in [0.5, 0.6) is 11.5 Å². The lowest BCUT2D eigenvalue weighted by Crippen LogP contribution is -2.56. The van der Waals surface area contributed by atoms with Crippen molar-refractivity contribution in [3.05, 3.63) is 71.4 Å². The van der Waals surface area contributed by atoms with Crippen molar-refractivity contribution < 1.29 is 28.6 Å². The van der Waals surface area contributed by atoms with E-state index in [0.29, 0.717) is 43.1 Å². The fraction of sp³-hybridized carbons (Fsp3) is 0.514. The molecule has 2 aliphatic rings. The number of methoxy groups -OCH3 is 3. The smallest absolute Gasteiger partial charge is 0.317 e. The molecule has 8 heteroatoms. The lowest BCUT2D eigenvalue weighted by atomic mass is 9.59. The highest BCUT2D eigenvalue weighted by Gasteiger charge is 2.57. The molecule has 1 aliphatic heterocycles. The van der Waals surface area contributed by atoms with E-state index in [0.717, 1.165) is 31.2 Å². The van der Waals surface area contributed by atoms with Crippen LogP contribution < -0.4 is 14.8 Å². The van der Waals surface area contributed by atoms with Gasteiger partial charge in [-0.25, -0.2) is 0 Å². The van der Waals surface area contributed by atoms with Gasteiger partial charge in [-0.15, -0.1) is 0 Å². The van der Waals surface area contributed by atoms with Crippen LogP contribution in [0.1, 0.15) is 63.5 Å². The number of nitrogens with one attached hydrogen (secondary N) is 1. The highest BCUT2D eigenvalue weighted by molar-refractivity contribution is 5.92. The maximum atomic E-state index is 14.0. The SMILES string of the molecule is COC(=O)[C@@]12C[C@@H](CC(=O)NCCCCc3ccccc3)C(=O)N(CCc3ccc(OC)c(OC)c3)C1=CCC(C)(C)C2. The molecular formula is C35H46N2O6. The molecule has 8 nitrogen and oxygen atoms in total. The number of allylic oxidation sites excluding steroid dienone is 1. The van der Waals surface area contributed by atoms with Crippen molar-refractivity contribution in [2.75, 3.05) is 34.4 Å². The molecule has 1 N–H and O–H groups in total. The molecule has 43 heavy (non-hydrogen) atoms. The number of aryl methyl sites for hydroxylation is 1. The van der Waals surface area contributed by atoms with Gasteiger partial charge >= 0.3 is 5.97 Å². The lowest BCUT2D eigenvalue weighted by molar-refractivity contribution is -0.162. The maximum Gasteiger partial charge on any atom is 0.317 e. The van der Waals surface area contributed by atoms with Crippen LogP contribution in [0, 0.1) is 16.7 Å². The molecule has 2 aromatic carbocycles. The summed E-state index contributed by atoms with van der Waals surface area (Å²) < 4.78 is 16.2. The Morgan fingerprint density at radius 1 is 0.953 bits per heavy atom. The second-order valence-corrected chi connectivity index (χ2v) is 12.5. The summed E-state index contributed by atoms with van der Waals surface area (Å²) in [4.78, 5) is 42.4. The number of rotatable bonds is 13. The molecule has 0 unspecified atom stereocenters. The Morgan fingerprint density at radius 2 is 1.70 bits per heavy atom. The number of carbonyl (C=O) groups excluding carboxylic acids is 3. The molecule has 1 fully saturated rings. The molecule has 0 spiro atoms. The van der Waals surface area contributed by atoms with Crippen LogP contribution in [0.15, 0.2) is 60.3 Å². The Balaban J connectivity index is 1.50. The van der Waals surface area contributed by atoms with Crippen LogP contribution >= 0.6 is 0 Å². The van der Waals surface area contributed by atoms with Gasteiger partial charge in [-0.05, 0) is 73.6 Å². The second-order valence-electron chi connectivity index (χ2n) is 12.5. The normalized spacial score (nSPS) is 21.0. The van der Waals surface area contributed by atoms with Gasteiger partial charge < -0.3 is 24.4 Å². The predicted molar refractivity (Wildman–Crippen MR) is 166 cm³/mol. The van der Waals surface area contributed by atoms with Crippen molar-refractivity contribution in [3.8, 4) is 11.5 Å². The molecule has 1 aliphatic carbocycles. The van der Waals surface area contributed by atoms with Crippen LogP contribution in [-0.2, 0) is 32.0 Å². The molecule has 1 saturated heterocycles. The molecular weight excluding hydrogens is 544 g/mol. The molecule has 1 heterocycles. The van der Waals surface area contributed by atoms with Crippen LogP contribution in [0.25, 0.3) is 0 Å². The van der Waals surface area contributed by atoms with E-state index in [1.807, 2.05) is 42.5 Å². The van der Waals surface area contributed by atoms with Gasteiger partial charge in [0.2, 0.25) is 11.8 Å². The Hall–Kier alpha value is -3.81. The minimum absolute atomic E-state index is 0.0385. The molecule has 2 aromatic rings. The third kappa shape index (κ3) is 7.59. The average molecular weight is 591 g/mol. The first-order valence-corrected chi connectivity index (χ1v) is 15.2. The van der Waals surface area contributed by atoms with Gasteiger partial charge in [0.15, 0.2) is 11.5 Å². The maximum absolute atomic E-state index is 14.0. The van der Waals surface area contributed by atoms with E-state index >= 15 is 0 Å². The molecule has 4 rings (SSSR count). The molecule has 0 aromatic heterocycles. The summed E-state index contributed by atoms with van der Waals surface area (Å²) >= 11 is 0. The highest BCUT2D eigenvalue weighted by Crippen LogP contribution is 2.54. The van der Waals surface area contributed by atoms with E-state index in [-0.39, 0.29) is 36.0 Å². The van der Waals surface area contributed by atoms with Gasteiger partial charge in [-0.3, -0.25) is 14.4 Å². The zero-order valence-electron chi connectivity index (χ0n) is 26.2. The van der Waals surface area contributed by atoms with Crippen LogP contribution in [0.4, 0.5) is 0 Å². The number of nitrogens with zero attached hydrogens (tertiary/aromatic N) is 1. The van der Waals surface area contributed by atoms with Crippen molar-refractivity contribution in [2.24, 2.45) is 16.7 Å². The summed E-state index contributed by atoms with van der Waals surface area (Å²) in [6, 6.07) is 16.0. The minimum atomic E-state index is -0.983. The van der Waals surface area contributed by atoms with E-state index in [1.54, 1.807) is 19.1 Å². The number of hydrogen-bond donors (Lipinski definition) is 1. The van der Waals surface area contributed by atoms with Gasteiger partial charge in [0, 0.05) is 31.1 Å². The van der Waals surface area contributed by atoms with Crippen molar-refractivity contribution in [2.45, 2.75) is 65.2 Å². The molecule has 2 amide bonds. The number of ether oxygens (including phenoxy) is 3. The second kappa shape index (κ2) is 14.1. The summed E-state index contributed by atoms with van der Waals surface area (Å²) in [5.74, 6) is -0.00821. The average Bonchev–Trinajstić information content (AvgIpc) is 3.00. The monoisotopic (exact) mass is 590 g/mol. The zero-order valence-corrected chi connectivity index (χ0v) is 26.2. The third-order valence-corrected chi connectivity index (χ3v) is 8.76. The molecule has 232 valence electrons. The zero-order chi connectivity index (χ0) is 31.0. The van der Waals surface area contributed by atoms with Gasteiger partial charge in [-0.2, -0.15) is 0 Å². The largest absolute Gasteiger partial charge is 0.493 e. The predicted octanol–water partition coefficient (Wildman–Crippen LogP) is 5.49. The molecule has 0 saturated carbocycles. The number of amides is 2. The third-order valence-electron chi connectivity index (χ3n) is 8.76. The van der Waals surface area contributed by atoms with Gasteiger partial charge in [-0.1, -0.05) is 56.3 Å². The van der Waals surface area contributed by atoms with E-state index in [2.05, 4.69) is 31.3 Å². The van der Waals surface area contributed by atoms with Gasteiger partial charge in [0.25, 0.3) is 0 Å². The number of unbranched alkanes of at least 4 members (excludes halogenated alkanes) is 1. The number of likely N-dealkylation sites (tertiary alicyclic amines) is 1. The number of benzene rings is 2. The van der Waals surface area contributed by atoms with Crippen LogP contribution in [-0.4, -0.2) is 57.1 Å². The Kier molecular flexibility index (Phi) is 10.5. The van der Waals surface area contributed by atoms with E-state index in [4.69, 9.17) is 14.2 Å². The van der Waals surface area contributed by atoms with Crippen molar-refractivity contribution in [1.82, 2.24) is 10.2 Å². The number of fused-ring (bicyclic) bond motifs is 1. The number of carbonyl (C=O) groups is 3. The van der Waals surface area contributed by atoms with Gasteiger partial charge in [0.1, 0.15) is 5.41 Å². The first-order valence-electron chi connectivity index (χ1n) is 15.2. The van der Waals surface area contributed by atoms with E-state index in [9.17, 15) is 14.4 Å². The summed E-state index contributed by atoms with van der Waals surface area (Å²) in [6.45, 7) is 5.19. The molecule has 0 bridgehead atoms. The van der Waals surface area contributed by atoms with Crippen molar-refractivity contribution >= 4 is 17.8 Å². The summed E-state index contributed by atoms with van der Waals surface area (Å²) in [6.07, 6.45) is 6.96. The van der Waals surface area contributed by atoms with E-state index in [1.165, 1.54) is 12.7 Å². The first-order chi connectivity index (χ1) is 20.6. The van der Waals surface area contributed by atoms with Crippen molar-refractivity contribution in [3.63, 3.8) is 0 Å². The number of hydrogen-bond acceptors (Lipinski definition) is 6. The first kappa shape index (κ1) is 32.1. The van der Waals surface area contributed by atoms with Crippen LogP contribution in [0.3, 0.4) is 0 Å².